The van der Waals surface area contributed by atoms with Crippen molar-refractivity contribution in [2.45, 2.75) is 12.7 Å². The molecule has 0 radical (unpaired) electrons. The third kappa shape index (κ3) is 6.61. The molecule has 35 heavy (non-hydrogen) atoms. The molecule has 1 heterocycles. The maximum atomic E-state index is 12.9. The van der Waals surface area contributed by atoms with Crippen molar-refractivity contribution in [1.29, 1.82) is 5.26 Å². The average Bonchev–Trinajstić information content (AvgIpc) is 2.91. The molecule has 1 amide bonds. The first kappa shape index (κ1) is 24.7. The third-order valence-corrected chi connectivity index (χ3v) is 6.36. The monoisotopic (exact) mass is 489 g/mol. The van der Waals surface area contributed by atoms with Gasteiger partial charge < -0.3 is 14.4 Å². The maximum Gasteiger partial charge on any atom is 0.253 e. The van der Waals surface area contributed by atoms with E-state index in [1.54, 1.807) is 31.4 Å². The molecule has 3 aromatic rings. The molecule has 0 spiro atoms. The van der Waals surface area contributed by atoms with Crippen LogP contribution in [-0.4, -0.2) is 55.5 Å². The summed E-state index contributed by atoms with van der Waals surface area (Å²) < 4.78 is 11.8. The molecule has 0 aliphatic carbocycles. The van der Waals surface area contributed by atoms with E-state index >= 15 is 0 Å². The number of hydrogen-bond donors (Lipinski definition) is 0. The van der Waals surface area contributed by atoms with Gasteiger partial charge in [-0.15, -0.1) is 0 Å². The van der Waals surface area contributed by atoms with Gasteiger partial charge in [-0.1, -0.05) is 41.9 Å². The lowest BCUT2D eigenvalue weighted by Crippen LogP contribution is -2.49. The molecular weight excluding hydrogens is 462 g/mol. The van der Waals surface area contributed by atoms with E-state index in [4.69, 9.17) is 26.3 Å². The molecular formula is C28H28ClN3O3. The number of amides is 1. The molecule has 6 nitrogen and oxygen atoms in total. The number of benzene rings is 3. The van der Waals surface area contributed by atoms with Crippen molar-refractivity contribution >= 4 is 17.5 Å². The Morgan fingerprint density at radius 3 is 2.54 bits per heavy atom. The van der Waals surface area contributed by atoms with Crippen LogP contribution in [0.25, 0.3) is 0 Å². The van der Waals surface area contributed by atoms with Crippen molar-refractivity contribution in [3.05, 3.63) is 100 Å². The fourth-order valence-corrected chi connectivity index (χ4v) is 4.40. The third-order valence-electron chi connectivity index (χ3n) is 6.13. The molecule has 0 aromatic heterocycles. The molecule has 0 bridgehead atoms. The van der Waals surface area contributed by atoms with Gasteiger partial charge in [0, 0.05) is 43.3 Å². The Bertz CT molecular complexity index is 1200. The maximum absolute atomic E-state index is 12.9. The molecule has 3 aromatic carbocycles. The molecule has 1 saturated heterocycles. The Morgan fingerprint density at radius 1 is 1.03 bits per heavy atom. The highest BCUT2D eigenvalue weighted by Crippen LogP contribution is 2.25. The normalized spacial score (nSPS) is 14.8. The van der Waals surface area contributed by atoms with Gasteiger partial charge in [0.25, 0.3) is 5.91 Å². The highest BCUT2D eigenvalue weighted by Gasteiger charge is 2.25. The van der Waals surface area contributed by atoms with Crippen molar-refractivity contribution in [3.8, 4) is 11.8 Å². The van der Waals surface area contributed by atoms with Gasteiger partial charge in [-0.3, -0.25) is 9.69 Å². The van der Waals surface area contributed by atoms with E-state index in [2.05, 4.69) is 11.0 Å². The van der Waals surface area contributed by atoms with Crippen LogP contribution in [0.2, 0.25) is 5.02 Å². The van der Waals surface area contributed by atoms with Gasteiger partial charge in [-0.05, 0) is 53.6 Å². The quantitative estimate of drug-likeness (QED) is 0.448. The first-order valence-corrected chi connectivity index (χ1v) is 12.0. The second-order valence-corrected chi connectivity index (χ2v) is 8.93. The zero-order chi connectivity index (χ0) is 24.6. The van der Waals surface area contributed by atoms with Crippen LogP contribution in [0.5, 0.6) is 5.75 Å². The van der Waals surface area contributed by atoms with Crippen molar-refractivity contribution in [2.75, 3.05) is 39.8 Å². The van der Waals surface area contributed by atoms with Crippen molar-refractivity contribution in [1.82, 2.24) is 9.80 Å². The lowest BCUT2D eigenvalue weighted by atomic mass is 10.1. The average molecular weight is 490 g/mol. The summed E-state index contributed by atoms with van der Waals surface area (Å²) in [5.41, 5.74) is 3.10. The van der Waals surface area contributed by atoms with E-state index in [9.17, 15) is 4.79 Å². The molecule has 1 fully saturated rings. The number of rotatable bonds is 8. The van der Waals surface area contributed by atoms with Gasteiger partial charge >= 0.3 is 0 Å². The molecule has 1 aliphatic heterocycles. The van der Waals surface area contributed by atoms with E-state index in [0.717, 1.165) is 30.0 Å². The summed E-state index contributed by atoms with van der Waals surface area (Å²) >= 11 is 6.14. The van der Waals surface area contributed by atoms with Crippen molar-refractivity contribution in [2.24, 2.45) is 0 Å². The fraction of sp³-hybridized carbons (Fsp3) is 0.286. The van der Waals surface area contributed by atoms with Gasteiger partial charge in [0.15, 0.2) is 0 Å². The predicted molar refractivity (Wildman–Crippen MR) is 135 cm³/mol. The summed E-state index contributed by atoms with van der Waals surface area (Å²) in [6.07, 6.45) is -0.168. The number of nitriles is 1. The Kier molecular flexibility index (Phi) is 8.38. The zero-order valence-corrected chi connectivity index (χ0v) is 20.4. The van der Waals surface area contributed by atoms with Crippen LogP contribution in [0, 0.1) is 11.3 Å². The predicted octanol–water partition coefficient (Wildman–Crippen LogP) is 4.94. The molecule has 0 N–H and O–H groups in total. The number of carbonyl (C=O) groups is 1. The number of piperazine rings is 1. The number of ether oxygens (including phenoxy) is 2. The smallest absolute Gasteiger partial charge is 0.253 e. The number of carbonyl (C=O) groups excluding carboxylic acids is 1. The highest BCUT2D eigenvalue weighted by molar-refractivity contribution is 6.30. The molecule has 1 atom stereocenters. The second-order valence-electron chi connectivity index (χ2n) is 8.49. The number of halogens is 1. The molecule has 4 rings (SSSR count). The molecule has 7 heteroatoms. The van der Waals surface area contributed by atoms with E-state index in [1.807, 2.05) is 53.4 Å². The number of nitrogens with zero attached hydrogens (tertiary/aromatic N) is 3. The summed E-state index contributed by atoms with van der Waals surface area (Å²) in [4.78, 5) is 17.1. The molecule has 1 aliphatic rings. The lowest BCUT2D eigenvalue weighted by Gasteiger charge is -2.36. The van der Waals surface area contributed by atoms with E-state index in [-0.39, 0.29) is 12.0 Å². The Labute approximate surface area is 211 Å². The van der Waals surface area contributed by atoms with Gasteiger partial charge in [0.2, 0.25) is 0 Å². The topological polar surface area (TPSA) is 65.8 Å². The minimum Gasteiger partial charge on any atom is -0.497 e. The van der Waals surface area contributed by atoms with E-state index in [0.29, 0.717) is 42.4 Å². The highest BCUT2D eigenvalue weighted by atomic mass is 35.5. The summed E-state index contributed by atoms with van der Waals surface area (Å²) in [6, 6.07) is 24.6. The molecule has 0 saturated carbocycles. The van der Waals surface area contributed by atoms with Crippen molar-refractivity contribution < 1.29 is 14.3 Å². The first-order chi connectivity index (χ1) is 17.1. The summed E-state index contributed by atoms with van der Waals surface area (Å²) in [6.45, 7) is 3.86. The van der Waals surface area contributed by atoms with Crippen LogP contribution in [0.15, 0.2) is 72.8 Å². The van der Waals surface area contributed by atoms with Gasteiger partial charge in [0.05, 0.1) is 31.5 Å². The van der Waals surface area contributed by atoms with Crippen LogP contribution in [0.3, 0.4) is 0 Å². The standard InChI is InChI=1S/C28H28ClN3O3/c1-34-26-10-4-7-23(17-26)27(35-20-22-6-3-9-25(29)16-22)19-31-11-13-32(14-12-31)28(33)24-8-2-5-21(15-24)18-30/h2-10,15-17,27H,11-14,19-20H2,1H3. The fourth-order valence-electron chi connectivity index (χ4n) is 4.19. The Balaban J connectivity index is 1.41. The first-order valence-electron chi connectivity index (χ1n) is 11.6. The lowest BCUT2D eigenvalue weighted by molar-refractivity contribution is 0.00333. The molecule has 180 valence electrons. The van der Waals surface area contributed by atoms with Gasteiger partial charge in [0.1, 0.15) is 5.75 Å². The summed E-state index contributed by atoms with van der Waals surface area (Å²) in [5, 5.41) is 9.81. The van der Waals surface area contributed by atoms with Crippen LogP contribution < -0.4 is 4.74 Å². The van der Waals surface area contributed by atoms with Crippen LogP contribution >= 0.6 is 11.6 Å². The van der Waals surface area contributed by atoms with E-state index in [1.165, 1.54) is 0 Å². The second kappa shape index (κ2) is 11.9. The Morgan fingerprint density at radius 2 is 1.80 bits per heavy atom. The van der Waals surface area contributed by atoms with Crippen LogP contribution in [0.4, 0.5) is 0 Å². The van der Waals surface area contributed by atoms with Crippen molar-refractivity contribution in [3.63, 3.8) is 0 Å². The van der Waals surface area contributed by atoms with E-state index < -0.39 is 0 Å². The summed E-state index contributed by atoms with van der Waals surface area (Å²) in [7, 11) is 1.66. The SMILES string of the molecule is COc1cccc(C(CN2CCN(C(=O)c3cccc(C#N)c3)CC2)OCc2cccc(Cl)c2)c1. The zero-order valence-electron chi connectivity index (χ0n) is 19.7. The largest absolute Gasteiger partial charge is 0.497 e. The minimum atomic E-state index is -0.168. The van der Waals surface area contributed by atoms with Gasteiger partial charge in [-0.25, -0.2) is 0 Å². The Hall–Kier alpha value is -3.37. The number of hydrogen-bond acceptors (Lipinski definition) is 5. The molecule has 1 unspecified atom stereocenters. The van der Waals surface area contributed by atoms with Gasteiger partial charge in [-0.2, -0.15) is 5.26 Å². The van der Waals surface area contributed by atoms with Crippen LogP contribution in [0.1, 0.15) is 33.2 Å². The van der Waals surface area contributed by atoms with Crippen LogP contribution in [-0.2, 0) is 11.3 Å². The summed E-state index contributed by atoms with van der Waals surface area (Å²) in [5.74, 6) is 0.747. The number of methoxy groups -OCH3 is 1. The minimum absolute atomic E-state index is 0.0386.